The number of H-pyrrole nitrogens is 1. The maximum absolute atomic E-state index is 12.0. The first-order valence-electron chi connectivity index (χ1n) is 7.08. The van der Waals surface area contributed by atoms with Crippen molar-refractivity contribution in [2.24, 2.45) is 0 Å². The number of rotatable bonds is 5. The normalized spacial score (nSPS) is 14.4. The van der Waals surface area contributed by atoms with Crippen LogP contribution in [0.1, 0.15) is 22.8 Å². The third-order valence-corrected chi connectivity index (χ3v) is 4.90. The number of hydrogen-bond acceptors (Lipinski definition) is 2. The summed E-state index contributed by atoms with van der Waals surface area (Å²) in [6, 6.07) is 17.7. The Balaban J connectivity index is 2.12. The van der Waals surface area contributed by atoms with Crippen LogP contribution in [-0.2, 0) is 9.36 Å². The molecule has 0 fully saturated rings. The van der Waals surface area contributed by atoms with Crippen LogP contribution in [0, 0.1) is 0 Å². The third kappa shape index (κ3) is 3.02. The van der Waals surface area contributed by atoms with Crippen LogP contribution in [0.15, 0.2) is 60.7 Å². The van der Waals surface area contributed by atoms with Crippen LogP contribution in [-0.4, -0.2) is 21.0 Å². The van der Waals surface area contributed by atoms with Gasteiger partial charge in [-0.15, -0.1) is 0 Å². The molecule has 1 heterocycles. The molecule has 3 aromatic rings. The monoisotopic (exact) mass is 328 g/mol. The van der Waals surface area contributed by atoms with Crippen LogP contribution in [0.25, 0.3) is 10.9 Å². The van der Waals surface area contributed by atoms with Crippen LogP contribution in [0.3, 0.4) is 0 Å². The maximum Gasteiger partial charge on any atom is 0.516 e. The molecule has 0 aliphatic carbocycles. The van der Waals surface area contributed by atoms with E-state index in [2.05, 4.69) is 4.98 Å². The van der Waals surface area contributed by atoms with Gasteiger partial charge in [-0.25, -0.2) is 0 Å². The number of carboxylic acids is 1. The number of para-hydroxylation sites is 1. The van der Waals surface area contributed by atoms with Gasteiger partial charge in [-0.2, -0.15) is 4.89 Å². The number of nitrogens with one attached hydrogen (secondary N) is 1. The van der Waals surface area contributed by atoms with Crippen molar-refractivity contribution in [2.75, 3.05) is 0 Å². The van der Waals surface area contributed by atoms with Crippen molar-refractivity contribution in [1.29, 1.82) is 0 Å². The molecular formula is C17H15NO4P+. The van der Waals surface area contributed by atoms with Crippen molar-refractivity contribution < 1.29 is 19.4 Å². The van der Waals surface area contributed by atoms with E-state index in [9.17, 15) is 19.4 Å². The second-order valence-electron chi connectivity index (χ2n) is 5.29. The zero-order valence-electron chi connectivity index (χ0n) is 12.1. The number of aromatic amines is 1. The molecule has 3 unspecified atom stereocenters. The first kappa shape index (κ1) is 15.4. The van der Waals surface area contributed by atoms with Gasteiger partial charge in [0.2, 0.25) is 5.66 Å². The summed E-state index contributed by atoms with van der Waals surface area (Å²) >= 11 is 0. The molecule has 3 atom stereocenters. The van der Waals surface area contributed by atoms with Gasteiger partial charge in [-0.3, -0.25) is 4.79 Å². The molecule has 0 aliphatic heterocycles. The fourth-order valence-corrected chi connectivity index (χ4v) is 3.73. The molecule has 3 rings (SSSR count). The minimum Gasteiger partial charge on any atom is -0.481 e. The number of carbonyl (C=O) groups is 1. The maximum atomic E-state index is 12.0. The Labute approximate surface area is 133 Å². The summed E-state index contributed by atoms with van der Waals surface area (Å²) in [5, 5.41) is 10.5. The quantitative estimate of drug-likeness (QED) is 0.621. The van der Waals surface area contributed by atoms with Crippen LogP contribution < -0.4 is 0 Å². The minimum absolute atomic E-state index is 0.450. The van der Waals surface area contributed by atoms with Crippen molar-refractivity contribution in [2.45, 2.75) is 11.6 Å². The summed E-state index contributed by atoms with van der Waals surface area (Å²) < 4.78 is 12.0. The van der Waals surface area contributed by atoms with Crippen LogP contribution in [0.4, 0.5) is 0 Å². The third-order valence-electron chi connectivity index (χ3n) is 3.85. The van der Waals surface area contributed by atoms with Crippen LogP contribution >= 0.6 is 8.03 Å². The SMILES string of the molecule is O=C(O)C(c1ccccc1)C(c1cc2ccccc2[nH]1)[P+](=O)O. The summed E-state index contributed by atoms with van der Waals surface area (Å²) in [4.78, 5) is 24.7. The topological polar surface area (TPSA) is 90.4 Å². The fraction of sp³-hybridized carbons (Fsp3) is 0.118. The highest BCUT2D eigenvalue weighted by Crippen LogP contribution is 2.48. The average molecular weight is 328 g/mol. The van der Waals surface area contributed by atoms with E-state index >= 15 is 0 Å². The minimum atomic E-state index is -2.73. The lowest BCUT2D eigenvalue weighted by Crippen LogP contribution is -2.18. The summed E-state index contributed by atoms with van der Waals surface area (Å²) in [5.74, 6) is -2.23. The Bertz CT molecular complexity index is 826. The smallest absolute Gasteiger partial charge is 0.481 e. The highest BCUT2D eigenvalue weighted by molar-refractivity contribution is 7.38. The Morgan fingerprint density at radius 1 is 1.04 bits per heavy atom. The zero-order valence-corrected chi connectivity index (χ0v) is 13.0. The number of carboxylic acid groups (broad SMARTS) is 1. The number of aliphatic carboxylic acids is 1. The fourth-order valence-electron chi connectivity index (χ4n) is 2.80. The molecule has 0 aliphatic rings. The molecule has 1 aromatic heterocycles. The van der Waals surface area contributed by atoms with Crippen molar-refractivity contribution in [3.63, 3.8) is 0 Å². The van der Waals surface area contributed by atoms with Crippen molar-refractivity contribution in [1.82, 2.24) is 4.98 Å². The molecule has 6 heteroatoms. The van der Waals surface area contributed by atoms with Gasteiger partial charge >= 0.3 is 14.0 Å². The number of aromatic nitrogens is 1. The lowest BCUT2D eigenvalue weighted by molar-refractivity contribution is -0.139. The van der Waals surface area contributed by atoms with Gasteiger partial charge in [-0.1, -0.05) is 48.5 Å². The van der Waals surface area contributed by atoms with E-state index in [1.807, 2.05) is 24.3 Å². The largest absolute Gasteiger partial charge is 0.516 e. The molecule has 2 aromatic carbocycles. The van der Waals surface area contributed by atoms with Gasteiger partial charge < -0.3 is 10.1 Å². The molecule has 0 amide bonds. The van der Waals surface area contributed by atoms with Crippen LogP contribution in [0.5, 0.6) is 0 Å². The van der Waals surface area contributed by atoms with E-state index in [4.69, 9.17) is 0 Å². The van der Waals surface area contributed by atoms with Gasteiger partial charge in [-0.05, 0) is 27.6 Å². The van der Waals surface area contributed by atoms with Crippen molar-refractivity contribution in [3.8, 4) is 0 Å². The molecule has 0 saturated carbocycles. The number of fused-ring (bicyclic) bond motifs is 1. The van der Waals surface area contributed by atoms with Gasteiger partial charge in [0.05, 0.1) is 5.69 Å². The molecule has 0 spiro atoms. The van der Waals surface area contributed by atoms with Crippen molar-refractivity contribution >= 4 is 24.9 Å². The first-order valence-corrected chi connectivity index (χ1v) is 8.36. The van der Waals surface area contributed by atoms with E-state index in [1.165, 1.54) is 0 Å². The van der Waals surface area contributed by atoms with Gasteiger partial charge in [0.25, 0.3) is 0 Å². The van der Waals surface area contributed by atoms with E-state index in [-0.39, 0.29) is 0 Å². The molecule has 0 bridgehead atoms. The van der Waals surface area contributed by atoms with E-state index in [0.717, 1.165) is 10.9 Å². The van der Waals surface area contributed by atoms with Gasteiger partial charge in [0, 0.05) is 5.52 Å². The van der Waals surface area contributed by atoms with Gasteiger partial charge in [0.1, 0.15) is 5.92 Å². The molecule has 5 nitrogen and oxygen atoms in total. The van der Waals surface area contributed by atoms with E-state index in [0.29, 0.717) is 11.3 Å². The zero-order chi connectivity index (χ0) is 16.4. The predicted octanol–water partition coefficient (Wildman–Crippen LogP) is 3.81. The molecule has 116 valence electrons. The Morgan fingerprint density at radius 2 is 1.70 bits per heavy atom. The Hall–Kier alpha value is -2.49. The van der Waals surface area contributed by atoms with E-state index in [1.54, 1.807) is 36.4 Å². The molecule has 23 heavy (non-hydrogen) atoms. The number of hydrogen-bond donors (Lipinski definition) is 3. The summed E-state index contributed by atoms with van der Waals surface area (Å²) in [6.07, 6.45) is 0. The molecule has 3 N–H and O–H groups in total. The Morgan fingerprint density at radius 3 is 2.30 bits per heavy atom. The molecule has 0 saturated heterocycles. The van der Waals surface area contributed by atoms with E-state index < -0.39 is 25.6 Å². The van der Waals surface area contributed by atoms with Gasteiger partial charge in [0.15, 0.2) is 0 Å². The first-order chi connectivity index (χ1) is 11.1. The second kappa shape index (κ2) is 6.32. The highest BCUT2D eigenvalue weighted by atomic mass is 31.1. The standard InChI is InChI=1S/C17H14NO4P/c19-17(20)15(11-6-2-1-3-7-11)16(23(21)22)14-10-12-8-4-5-9-13(12)18-14/h1-10,15-16,18H,(H-,19,20,21,22)/p+1. The Kier molecular flexibility index (Phi) is 4.24. The predicted molar refractivity (Wildman–Crippen MR) is 87.7 cm³/mol. The summed E-state index contributed by atoms with van der Waals surface area (Å²) in [5.41, 5.74) is 0.714. The molecule has 0 radical (unpaired) electrons. The average Bonchev–Trinajstić information content (AvgIpc) is 2.95. The van der Waals surface area contributed by atoms with Crippen LogP contribution in [0.2, 0.25) is 0 Å². The molecular weight excluding hydrogens is 313 g/mol. The second-order valence-corrected chi connectivity index (χ2v) is 6.45. The van der Waals surface area contributed by atoms with Crippen molar-refractivity contribution in [3.05, 3.63) is 71.9 Å². The lowest BCUT2D eigenvalue weighted by atomic mass is 9.94. The highest BCUT2D eigenvalue weighted by Gasteiger charge is 2.45. The summed E-state index contributed by atoms with van der Waals surface area (Å²) in [7, 11) is -2.73. The number of benzene rings is 2. The lowest BCUT2D eigenvalue weighted by Gasteiger charge is -2.14. The summed E-state index contributed by atoms with van der Waals surface area (Å²) in [6.45, 7) is 0.